The van der Waals surface area contributed by atoms with E-state index in [-0.39, 0.29) is 0 Å². The summed E-state index contributed by atoms with van der Waals surface area (Å²) in [5.41, 5.74) is 0.991. The molecule has 0 amide bonds. The van der Waals surface area contributed by atoms with Crippen LogP contribution in [0.4, 0.5) is 0 Å². The Morgan fingerprint density at radius 2 is 1.94 bits per heavy atom. The van der Waals surface area contributed by atoms with E-state index in [0.29, 0.717) is 0 Å². The quantitative estimate of drug-likeness (QED) is 0.444. The van der Waals surface area contributed by atoms with E-state index in [2.05, 4.69) is 15.5 Å². The van der Waals surface area contributed by atoms with Crippen molar-refractivity contribution in [2.24, 2.45) is 0 Å². The predicted molar refractivity (Wildman–Crippen MR) is 74.4 cm³/mol. The van der Waals surface area contributed by atoms with E-state index in [1.165, 1.54) is 0 Å². The first-order valence-corrected chi connectivity index (χ1v) is 7.46. The maximum Gasteiger partial charge on any atom is 0.214 e. The molecule has 0 saturated carbocycles. The van der Waals surface area contributed by atoms with Crippen molar-refractivity contribution in [2.75, 3.05) is 11.6 Å². The number of thioether (sulfide) groups is 1. The number of halogens is 1. The van der Waals surface area contributed by atoms with Gasteiger partial charge in [0.2, 0.25) is 5.16 Å². The Morgan fingerprint density at radius 1 is 1.11 bits per heavy atom. The van der Waals surface area contributed by atoms with Crippen LogP contribution in [0.15, 0.2) is 35.5 Å². The number of aromatic nitrogens is 4. The fourth-order valence-corrected chi connectivity index (χ4v) is 2.62. The van der Waals surface area contributed by atoms with Crippen LogP contribution in [-0.2, 0) is 0 Å². The summed E-state index contributed by atoms with van der Waals surface area (Å²) in [6.07, 6.45) is 3.37. The van der Waals surface area contributed by atoms with Gasteiger partial charge >= 0.3 is 0 Å². The van der Waals surface area contributed by atoms with Crippen molar-refractivity contribution < 1.29 is 0 Å². The second kappa shape index (κ2) is 7.38. The van der Waals surface area contributed by atoms with Crippen molar-refractivity contribution >= 4 is 23.4 Å². The first kappa shape index (κ1) is 13.4. The zero-order valence-electron chi connectivity index (χ0n) is 10.00. The van der Waals surface area contributed by atoms with Gasteiger partial charge in [0.1, 0.15) is 0 Å². The SMILES string of the molecule is ClCCCCCSc1nnnn1-c1ccccc1. The molecule has 0 bridgehead atoms. The second-order valence-corrected chi connectivity index (χ2v) is 5.25. The highest BCUT2D eigenvalue weighted by atomic mass is 35.5. The summed E-state index contributed by atoms with van der Waals surface area (Å²) in [5, 5.41) is 12.6. The lowest BCUT2D eigenvalue weighted by atomic mass is 10.3. The first-order valence-electron chi connectivity index (χ1n) is 5.94. The molecule has 18 heavy (non-hydrogen) atoms. The van der Waals surface area contributed by atoms with Gasteiger partial charge in [0.15, 0.2) is 0 Å². The highest BCUT2D eigenvalue weighted by Gasteiger charge is 2.07. The van der Waals surface area contributed by atoms with Crippen LogP contribution >= 0.6 is 23.4 Å². The van der Waals surface area contributed by atoms with Gasteiger partial charge in [0.05, 0.1) is 5.69 Å². The van der Waals surface area contributed by atoms with E-state index in [4.69, 9.17) is 11.6 Å². The van der Waals surface area contributed by atoms with Crippen molar-refractivity contribution in [2.45, 2.75) is 24.4 Å². The van der Waals surface area contributed by atoms with E-state index in [1.54, 1.807) is 16.4 Å². The molecule has 0 aliphatic rings. The minimum atomic E-state index is 0.742. The van der Waals surface area contributed by atoms with E-state index < -0.39 is 0 Å². The molecule has 4 nitrogen and oxygen atoms in total. The van der Waals surface area contributed by atoms with Crippen LogP contribution in [0.2, 0.25) is 0 Å². The number of nitrogens with zero attached hydrogens (tertiary/aromatic N) is 4. The number of para-hydroxylation sites is 1. The molecule has 6 heteroatoms. The molecule has 0 aliphatic heterocycles. The number of hydrogen-bond donors (Lipinski definition) is 0. The molecule has 0 radical (unpaired) electrons. The Balaban J connectivity index is 1.92. The summed E-state index contributed by atoms with van der Waals surface area (Å²) in [7, 11) is 0. The topological polar surface area (TPSA) is 43.6 Å². The third-order valence-corrected chi connectivity index (χ3v) is 3.72. The largest absolute Gasteiger partial charge is 0.214 e. The molecule has 0 aliphatic carbocycles. The minimum absolute atomic E-state index is 0.742. The lowest BCUT2D eigenvalue weighted by molar-refractivity contribution is 0.752. The van der Waals surface area contributed by atoms with Crippen LogP contribution in [0.3, 0.4) is 0 Å². The fraction of sp³-hybridized carbons (Fsp3) is 0.417. The molecule has 1 aromatic heterocycles. The van der Waals surface area contributed by atoms with Crippen LogP contribution in [0.25, 0.3) is 5.69 Å². The van der Waals surface area contributed by atoms with Gasteiger partial charge in [0, 0.05) is 11.6 Å². The third kappa shape index (κ3) is 3.71. The van der Waals surface area contributed by atoms with Crippen LogP contribution in [-0.4, -0.2) is 31.8 Å². The molecule has 0 saturated heterocycles. The number of tetrazole rings is 1. The van der Waals surface area contributed by atoms with Crippen molar-refractivity contribution in [3.05, 3.63) is 30.3 Å². The summed E-state index contributed by atoms with van der Waals surface area (Å²) in [4.78, 5) is 0. The summed E-state index contributed by atoms with van der Waals surface area (Å²) >= 11 is 7.32. The number of alkyl halides is 1. The number of hydrogen-bond acceptors (Lipinski definition) is 4. The Bertz CT molecular complexity index is 460. The highest BCUT2D eigenvalue weighted by Crippen LogP contribution is 2.19. The Hall–Kier alpha value is -1.07. The van der Waals surface area contributed by atoms with E-state index in [0.717, 1.165) is 41.7 Å². The summed E-state index contributed by atoms with van der Waals surface area (Å²) in [6, 6.07) is 9.92. The average Bonchev–Trinajstić information content (AvgIpc) is 2.88. The zero-order chi connectivity index (χ0) is 12.6. The van der Waals surface area contributed by atoms with Gasteiger partial charge < -0.3 is 0 Å². The van der Waals surface area contributed by atoms with Gasteiger partial charge in [-0.2, -0.15) is 4.68 Å². The zero-order valence-corrected chi connectivity index (χ0v) is 11.6. The lowest BCUT2D eigenvalue weighted by Gasteiger charge is -2.03. The maximum atomic E-state index is 5.64. The van der Waals surface area contributed by atoms with Crippen molar-refractivity contribution in [3.63, 3.8) is 0 Å². The molecule has 0 atom stereocenters. The summed E-state index contributed by atoms with van der Waals surface area (Å²) < 4.78 is 1.77. The van der Waals surface area contributed by atoms with Crippen molar-refractivity contribution in [1.82, 2.24) is 20.2 Å². The van der Waals surface area contributed by atoms with E-state index in [9.17, 15) is 0 Å². The molecular formula is C12H15ClN4S. The molecule has 2 rings (SSSR count). The Kier molecular flexibility index (Phi) is 5.48. The van der Waals surface area contributed by atoms with Crippen LogP contribution in [0, 0.1) is 0 Å². The standard InChI is InChI=1S/C12H15ClN4S/c13-9-5-2-6-10-18-12-14-15-16-17(12)11-7-3-1-4-8-11/h1,3-4,7-8H,2,5-6,9-10H2. The van der Waals surface area contributed by atoms with Gasteiger partial charge in [-0.05, 0) is 35.4 Å². The molecule has 1 heterocycles. The first-order chi connectivity index (χ1) is 8.92. The minimum Gasteiger partial charge on any atom is -0.188 e. The maximum absolute atomic E-state index is 5.64. The van der Waals surface area contributed by atoms with Crippen LogP contribution in [0.5, 0.6) is 0 Å². The number of rotatable bonds is 7. The van der Waals surface area contributed by atoms with Gasteiger partial charge in [-0.15, -0.1) is 16.7 Å². The second-order valence-electron chi connectivity index (χ2n) is 3.81. The number of benzene rings is 1. The summed E-state index contributed by atoms with van der Waals surface area (Å²) in [6.45, 7) is 0. The van der Waals surface area contributed by atoms with E-state index in [1.807, 2.05) is 30.3 Å². The van der Waals surface area contributed by atoms with Crippen molar-refractivity contribution in [1.29, 1.82) is 0 Å². The Labute approximate surface area is 116 Å². The van der Waals surface area contributed by atoms with Gasteiger partial charge in [-0.1, -0.05) is 36.4 Å². The number of unbranched alkanes of at least 4 members (excludes halogenated alkanes) is 2. The van der Waals surface area contributed by atoms with Gasteiger partial charge in [0.25, 0.3) is 0 Å². The third-order valence-electron chi connectivity index (χ3n) is 2.45. The van der Waals surface area contributed by atoms with Crippen molar-refractivity contribution in [3.8, 4) is 5.69 Å². The Morgan fingerprint density at radius 3 is 2.72 bits per heavy atom. The molecule has 2 aromatic rings. The van der Waals surface area contributed by atoms with Crippen LogP contribution < -0.4 is 0 Å². The van der Waals surface area contributed by atoms with Gasteiger partial charge in [-0.3, -0.25) is 0 Å². The predicted octanol–water partition coefficient (Wildman–Crippen LogP) is 3.16. The van der Waals surface area contributed by atoms with Crippen LogP contribution in [0.1, 0.15) is 19.3 Å². The van der Waals surface area contributed by atoms with E-state index >= 15 is 0 Å². The lowest BCUT2D eigenvalue weighted by Crippen LogP contribution is -1.98. The molecular weight excluding hydrogens is 268 g/mol. The average molecular weight is 283 g/mol. The molecule has 1 aromatic carbocycles. The summed E-state index contributed by atoms with van der Waals surface area (Å²) in [5.74, 6) is 1.76. The molecule has 0 N–H and O–H groups in total. The molecule has 0 fully saturated rings. The molecule has 0 unspecified atom stereocenters. The fourth-order valence-electron chi connectivity index (χ4n) is 1.54. The smallest absolute Gasteiger partial charge is 0.188 e. The highest BCUT2D eigenvalue weighted by molar-refractivity contribution is 7.99. The normalized spacial score (nSPS) is 10.7. The monoisotopic (exact) mass is 282 g/mol. The molecule has 0 spiro atoms. The molecule has 96 valence electrons. The van der Waals surface area contributed by atoms with Gasteiger partial charge in [-0.25, -0.2) is 0 Å².